The van der Waals surface area contributed by atoms with E-state index in [1.165, 1.54) is 26.7 Å². The van der Waals surface area contributed by atoms with Crippen LogP contribution in [0.25, 0.3) is 34.0 Å². The first-order chi connectivity index (χ1) is 18.2. The van der Waals surface area contributed by atoms with Crippen molar-refractivity contribution in [2.24, 2.45) is 0 Å². The highest BCUT2D eigenvalue weighted by atomic mass is 32.1. The normalized spacial score (nSPS) is 15.1. The van der Waals surface area contributed by atoms with E-state index in [-0.39, 0.29) is 11.3 Å². The fraction of sp³-hybridized carbons (Fsp3) is 0.0385. The highest BCUT2D eigenvalue weighted by Gasteiger charge is 2.34. The van der Waals surface area contributed by atoms with E-state index in [1.807, 2.05) is 36.4 Å². The van der Waals surface area contributed by atoms with E-state index in [2.05, 4.69) is 31.6 Å². The Morgan fingerprint density at radius 1 is 1.08 bits per heavy atom. The van der Waals surface area contributed by atoms with E-state index in [1.54, 1.807) is 30.5 Å². The zero-order valence-electron chi connectivity index (χ0n) is 18.8. The number of fused-ring (bicyclic) bond motifs is 6. The van der Waals surface area contributed by atoms with E-state index in [9.17, 15) is 15.2 Å². The molecular weight excluding hydrogens is 488 g/mol. The molecule has 0 bridgehead atoms. The molecular formula is C26H14N8O2S. The Hall–Kier alpha value is -5.21. The lowest BCUT2D eigenvalue weighted by molar-refractivity contribution is 0.480. The van der Waals surface area contributed by atoms with E-state index in [0.29, 0.717) is 42.7 Å². The fourth-order valence-electron chi connectivity index (χ4n) is 4.80. The minimum Gasteiger partial charge on any atom is -0.506 e. The first kappa shape index (κ1) is 21.1. The number of aromatic nitrogens is 7. The van der Waals surface area contributed by atoms with Crippen molar-refractivity contribution in [3.63, 3.8) is 0 Å². The van der Waals surface area contributed by atoms with Gasteiger partial charge in [0.2, 0.25) is 0 Å². The number of thiazole rings is 1. The predicted octanol–water partition coefficient (Wildman–Crippen LogP) is 1.63. The lowest BCUT2D eigenvalue weighted by Gasteiger charge is -2.23. The van der Waals surface area contributed by atoms with Crippen molar-refractivity contribution >= 4 is 39.5 Å². The van der Waals surface area contributed by atoms with Crippen LogP contribution in [-0.4, -0.2) is 39.7 Å². The van der Waals surface area contributed by atoms with Gasteiger partial charge < -0.3 is 5.11 Å². The van der Waals surface area contributed by atoms with Gasteiger partial charge >= 0.3 is 0 Å². The molecule has 2 aromatic carbocycles. The minimum absolute atomic E-state index is 0.0577. The first-order valence-corrected chi connectivity index (χ1v) is 12.0. The average molecular weight is 503 g/mol. The average Bonchev–Trinajstić information content (AvgIpc) is 3.54. The smallest absolute Gasteiger partial charge is 0.274 e. The van der Waals surface area contributed by atoms with E-state index >= 15 is 0 Å². The number of rotatable bonds is 2. The SMILES string of the molecule is N#CC1=c2s/c(=C/c3ccc(O)c4ncccc34)c(=O)n2-c2nnn3cnnc3c2C1c1ccccc1. The van der Waals surface area contributed by atoms with Gasteiger partial charge in [-0.05, 0) is 29.3 Å². The molecule has 0 aliphatic carbocycles. The quantitative estimate of drug-likeness (QED) is 0.378. The van der Waals surface area contributed by atoms with Crippen LogP contribution in [-0.2, 0) is 0 Å². The summed E-state index contributed by atoms with van der Waals surface area (Å²) in [5.41, 5.74) is 3.13. The second kappa shape index (κ2) is 7.91. The first-order valence-electron chi connectivity index (χ1n) is 11.2. The van der Waals surface area contributed by atoms with Crippen LogP contribution in [0.15, 0.2) is 71.9 Å². The second-order valence-electron chi connectivity index (χ2n) is 8.42. The van der Waals surface area contributed by atoms with Gasteiger partial charge in [-0.25, -0.2) is 4.57 Å². The molecule has 1 atom stereocenters. The Bertz CT molecular complexity index is 2100. The predicted molar refractivity (Wildman–Crippen MR) is 136 cm³/mol. The van der Waals surface area contributed by atoms with Crippen molar-refractivity contribution in [3.05, 3.63) is 103 Å². The van der Waals surface area contributed by atoms with Crippen LogP contribution in [0.5, 0.6) is 5.75 Å². The van der Waals surface area contributed by atoms with Crippen LogP contribution in [0.2, 0.25) is 0 Å². The maximum atomic E-state index is 13.8. The molecule has 6 aromatic rings. The molecule has 0 radical (unpaired) electrons. The van der Waals surface area contributed by atoms with Crippen molar-refractivity contribution in [2.45, 2.75) is 5.92 Å². The van der Waals surface area contributed by atoms with Gasteiger partial charge in [0.05, 0.1) is 27.7 Å². The van der Waals surface area contributed by atoms with E-state index in [0.717, 1.165) is 11.1 Å². The monoisotopic (exact) mass is 502 g/mol. The third-order valence-electron chi connectivity index (χ3n) is 6.41. The maximum absolute atomic E-state index is 13.8. The summed E-state index contributed by atoms with van der Waals surface area (Å²) in [7, 11) is 0. The molecule has 0 fully saturated rings. The topological polar surface area (TPSA) is 135 Å². The van der Waals surface area contributed by atoms with Gasteiger partial charge in [0.15, 0.2) is 11.5 Å². The number of pyridine rings is 1. The number of aromatic hydroxyl groups is 1. The summed E-state index contributed by atoms with van der Waals surface area (Å²) in [6, 6.07) is 18.8. The van der Waals surface area contributed by atoms with Crippen LogP contribution in [0.3, 0.4) is 0 Å². The number of benzene rings is 2. The zero-order valence-corrected chi connectivity index (χ0v) is 19.7. The molecule has 1 unspecified atom stereocenters. The van der Waals surface area contributed by atoms with E-state index in [4.69, 9.17) is 0 Å². The molecule has 7 rings (SSSR count). The molecule has 10 nitrogen and oxygen atoms in total. The van der Waals surface area contributed by atoms with Gasteiger partial charge in [0, 0.05) is 11.6 Å². The summed E-state index contributed by atoms with van der Waals surface area (Å²) < 4.78 is 3.77. The third kappa shape index (κ3) is 3.03. The molecule has 4 aromatic heterocycles. The van der Waals surface area contributed by atoms with Gasteiger partial charge in [0.25, 0.3) is 5.56 Å². The molecule has 0 amide bonds. The Morgan fingerprint density at radius 3 is 2.78 bits per heavy atom. The summed E-state index contributed by atoms with van der Waals surface area (Å²) in [5.74, 6) is -0.128. The number of phenols is 1. The largest absolute Gasteiger partial charge is 0.506 e. The van der Waals surface area contributed by atoms with Gasteiger partial charge in [-0.15, -0.1) is 26.6 Å². The number of nitriles is 1. The summed E-state index contributed by atoms with van der Waals surface area (Å²) >= 11 is 1.21. The van der Waals surface area contributed by atoms with Gasteiger partial charge in [-0.1, -0.05) is 47.7 Å². The minimum atomic E-state index is -0.506. The summed E-state index contributed by atoms with van der Waals surface area (Å²) in [5, 5.41) is 38.0. The highest BCUT2D eigenvalue weighted by molar-refractivity contribution is 7.07. The van der Waals surface area contributed by atoms with Crippen LogP contribution >= 0.6 is 11.3 Å². The van der Waals surface area contributed by atoms with Gasteiger partial charge in [0.1, 0.15) is 22.3 Å². The lowest BCUT2D eigenvalue weighted by atomic mass is 9.85. The van der Waals surface area contributed by atoms with Gasteiger partial charge in [-0.3, -0.25) is 9.78 Å². The number of nitrogens with zero attached hydrogens (tertiary/aromatic N) is 8. The second-order valence-corrected chi connectivity index (χ2v) is 9.46. The lowest BCUT2D eigenvalue weighted by Crippen LogP contribution is -2.36. The molecule has 0 saturated heterocycles. The third-order valence-corrected chi connectivity index (χ3v) is 7.52. The molecule has 37 heavy (non-hydrogen) atoms. The molecule has 1 N–H and O–H groups in total. The molecule has 1 aliphatic heterocycles. The molecule has 11 heteroatoms. The van der Waals surface area contributed by atoms with Crippen LogP contribution in [0.4, 0.5) is 0 Å². The van der Waals surface area contributed by atoms with Crippen LogP contribution in [0, 0.1) is 11.3 Å². The van der Waals surface area contributed by atoms with Gasteiger partial charge in [-0.2, -0.15) is 9.78 Å². The number of hydrogen-bond donors (Lipinski definition) is 1. The summed E-state index contributed by atoms with van der Waals surface area (Å²) in [6.07, 6.45) is 4.78. The Morgan fingerprint density at radius 2 is 1.95 bits per heavy atom. The Labute approximate surface area is 211 Å². The fourth-order valence-corrected chi connectivity index (χ4v) is 5.91. The standard InChI is InChI=1S/C26H14N8O2S/c27-12-17-20(14-5-2-1-3-6-14)21-23-30-29-13-33(23)32-31-24(21)34-25(36)19(37-26(17)34)11-15-8-9-18(35)22-16(15)7-4-10-28-22/h1-11,13,20,35H/b19-11+. The molecule has 0 spiro atoms. The van der Waals surface area contributed by atoms with Crippen molar-refractivity contribution in [1.29, 1.82) is 5.26 Å². The van der Waals surface area contributed by atoms with Crippen molar-refractivity contribution in [2.75, 3.05) is 0 Å². The van der Waals surface area contributed by atoms with Crippen LogP contribution < -0.4 is 14.8 Å². The van der Waals surface area contributed by atoms with E-state index < -0.39 is 5.92 Å². The molecule has 1 aliphatic rings. The van der Waals surface area contributed by atoms with Crippen molar-refractivity contribution < 1.29 is 5.11 Å². The maximum Gasteiger partial charge on any atom is 0.274 e. The summed E-state index contributed by atoms with van der Waals surface area (Å²) in [4.78, 5) is 18.1. The number of hydrogen-bond acceptors (Lipinski definition) is 9. The Kier molecular flexibility index (Phi) is 4.51. The van der Waals surface area contributed by atoms with Crippen LogP contribution in [0.1, 0.15) is 22.6 Å². The number of phenolic OH excluding ortho intramolecular Hbond substituents is 1. The molecule has 176 valence electrons. The van der Waals surface area contributed by atoms with Crippen molar-refractivity contribution in [1.82, 2.24) is 34.6 Å². The zero-order chi connectivity index (χ0) is 25.1. The molecule has 0 saturated carbocycles. The highest BCUT2D eigenvalue weighted by Crippen LogP contribution is 2.38. The Balaban J connectivity index is 1.60. The molecule has 5 heterocycles. The summed E-state index contributed by atoms with van der Waals surface area (Å²) in [6.45, 7) is 0. The van der Waals surface area contributed by atoms with Crippen molar-refractivity contribution in [3.8, 4) is 17.6 Å².